The number of hydrogen-bond donors (Lipinski definition) is 2. The predicted molar refractivity (Wildman–Crippen MR) is 82.9 cm³/mol. The molecule has 1 amide bonds. The van der Waals surface area contributed by atoms with Gasteiger partial charge in [0.25, 0.3) is 0 Å². The smallest absolute Gasteiger partial charge is 0.234 e. The topological polar surface area (TPSA) is 88.5 Å². The van der Waals surface area contributed by atoms with Gasteiger partial charge in [-0.25, -0.2) is 15.0 Å². The third-order valence-electron chi connectivity index (χ3n) is 3.30. The molecule has 3 heterocycles. The molecule has 2 aliphatic rings. The molecule has 0 aliphatic carbocycles. The summed E-state index contributed by atoms with van der Waals surface area (Å²) in [6, 6.07) is 1.49. The zero-order chi connectivity index (χ0) is 15.7. The Kier molecular flexibility index (Phi) is 4.40. The van der Waals surface area contributed by atoms with E-state index >= 15 is 0 Å². The Morgan fingerprint density at radius 3 is 3.00 bits per heavy atom. The SMILES string of the molecule is O=C1NC(Nc2nccc(C(Cl)(Cl)Cl)n2)=NC2OCCCC12. The molecule has 2 unspecified atom stereocenters. The second-order valence-electron chi connectivity index (χ2n) is 4.87. The van der Waals surface area contributed by atoms with Gasteiger partial charge in [0.15, 0.2) is 6.23 Å². The van der Waals surface area contributed by atoms with Gasteiger partial charge in [-0.1, -0.05) is 34.8 Å². The molecule has 118 valence electrons. The highest BCUT2D eigenvalue weighted by molar-refractivity contribution is 6.66. The molecule has 1 aromatic rings. The molecular weight excluding hydrogens is 353 g/mol. The molecule has 1 saturated heterocycles. The van der Waals surface area contributed by atoms with Gasteiger partial charge in [-0.3, -0.25) is 15.4 Å². The van der Waals surface area contributed by atoms with Crippen LogP contribution < -0.4 is 10.6 Å². The zero-order valence-corrected chi connectivity index (χ0v) is 13.5. The lowest BCUT2D eigenvalue weighted by Gasteiger charge is -2.32. The van der Waals surface area contributed by atoms with Crippen LogP contribution in [0.1, 0.15) is 18.5 Å². The molecule has 1 fully saturated rings. The van der Waals surface area contributed by atoms with Gasteiger partial charge in [0.05, 0.1) is 11.6 Å². The molecule has 0 spiro atoms. The maximum absolute atomic E-state index is 12.0. The highest BCUT2D eigenvalue weighted by atomic mass is 35.6. The number of hydrogen-bond acceptors (Lipinski definition) is 6. The average molecular weight is 365 g/mol. The normalized spacial score (nSPS) is 25.0. The van der Waals surface area contributed by atoms with Crippen LogP contribution in [-0.2, 0) is 13.3 Å². The van der Waals surface area contributed by atoms with E-state index in [1.54, 1.807) is 0 Å². The standard InChI is InChI=1S/C12H12Cl3N5O2/c13-12(14,15)7-3-4-16-10(17-7)20-11-18-8(21)6-2-1-5-22-9(6)19-11/h3-4,6,9H,1-2,5H2,(H2,16,17,18,19,20,21). The van der Waals surface area contributed by atoms with Crippen LogP contribution in [0.3, 0.4) is 0 Å². The van der Waals surface area contributed by atoms with Crippen LogP contribution in [0.15, 0.2) is 17.3 Å². The van der Waals surface area contributed by atoms with Crippen molar-refractivity contribution in [1.29, 1.82) is 0 Å². The van der Waals surface area contributed by atoms with Crippen LogP contribution >= 0.6 is 34.8 Å². The van der Waals surface area contributed by atoms with E-state index in [1.807, 2.05) is 0 Å². The second kappa shape index (κ2) is 6.16. The van der Waals surface area contributed by atoms with E-state index in [4.69, 9.17) is 39.5 Å². The molecule has 0 radical (unpaired) electrons. The highest BCUT2D eigenvalue weighted by Gasteiger charge is 2.36. The third-order valence-corrected chi connectivity index (χ3v) is 3.88. The van der Waals surface area contributed by atoms with Gasteiger partial charge in [0.2, 0.25) is 21.6 Å². The minimum atomic E-state index is -1.66. The minimum Gasteiger partial charge on any atom is -0.356 e. The molecule has 10 heteroatoms. The second-order valence-corrected chi connectivity index (χ2v) is 7.15. The molecule has 0 saturated carbocycles. The molecule has 22 heavy (non-hydrogen) atoms. The van der Waals surface area contributed by atoms with Gasteiger partial charge < -0.3 is 4.74 Å². The summed E-state index contributed by atoms with van der Waals surface area (Å²) in [7, 11) is 0. The summed E-state index contributed by atoms with van der Waals surface area (Å²) in [6.45, 7) is 0.588. The lowest BCUT2D eigenvalue weighted by Crippen LogP contribution is -2.50. The number of carbonyl (C=O) groups is 1. The summed E-state index contributed by atoms with van der Waals surface area (Å²) in [6.07, 6.45) is 2.56. The first-order valence-electron chi connectivity index (χ1n) is 6.61. The van der Waals surface area contributed by atoms with Gasteiger partial charge in [0, 0.05) is 12.8 Å². The van der Waals surface area contributed by atoms with Crippen molar-refractivity contribution in [2.45, 2.75) is 22.9 Å². The van der Waals surface area contributed by atoms with Crippen molar-refractivity contribution in [2.75, 3.05) is 11.9 Å². The summed E-state index contributed by atoms with van der Waals surface area (Å²) >= 11 is 17.3. The monoisotopic (exact) mass is 363 g/mol. The molecule has 2 aliphatic heterocycles. The Hall–Kier alpha value is -1.15. The number of nitrogens with zero attached hydrogens (tertiary/aromatic N) is 3. The lowest BCUT2D eigenvalue weighted by molar-refractivity contribution is -0.133. The fraction of sp³-hybridized carbons (Fsp3) is 0.500. The van der Waals surface area contributed by atoms with Gasteiger partial charge in [-0.05, 0) is 18.9 Å². The van der Waals surface area contributed by atoms with Crippen molar-refractivity contribution >= 4 is 52.6 Å². The molecule has 3 rings (SSSR count). The number of fused-ring (bicyclic) bond motifs is 1. The maximum Gasteiger partial charge on any atom is 0.234 e. The van der Waals surface area contributed by atoms with E-state index in [0.29, 0.717) is 6.61 Å². The Labute approximate surface area is 141 Å². The van der Waals surface area contributed by atoms with E-state index in [2.05, 4.69) is 25.6 Å². The largest absolute Gasteiger partial charge is 0.356 e. The zero-order valence-electron chi connectivity index (χ0n) is 11.2. The number of carbonyl (C=O) groups excluding carboxylic acids is 1. The first-order chi connectivity index (χ1) is 10.4. The Morgan fingerprint density at radius 1 is 1.41 bits per heavy atom. The number of nitrogens with one attached hydrogen (secondary N) is 2. The van der Waals surface area contributed by atoms with Crippen LogP contribution in [0.25, 0.3) is 0 Å². The third kappa shape index (κ3) is 3.43. The lowest BCUT2D eigenvalue weighted by atomic mass is 9.97. The van der Waals surface area contributed by atoms with Crippen molar-refractivity contribution < 1.29 is 9.53 Å². The van der Waals surface area contributed by atoms with E-state index in [1.165, 1.54) is 12.3 Å². The molecule has 0 bridgehead atoms. The molecule has 1 aromatic heterocycles. The van der Waals surface area contributed by atoms with Crippen molar-refractivity contribution in [1.82, 2.24) is 15.3 Å². The van der Waals surface area contributed by atoms with Crippen molar-refractivity contribution in [3.63, 3.8) is 0 Å². The summed E-state index contributed by atoms with van der Waals surface area (Å²) in [5.74, 6) is -0.0146. The Balaban J connectivity index is 1.78. The van der Waals surface area contributed by atoms with E-state index in [-0.39, 0.29) is 29.4 Å². The fourth-order valence-corrected chi connectivity index (χ4v) is 2.58. The van der Waals surface area contributed by atoms with Gasteiger partial charge in [0.1, 0.15) is 0 Å². The van der Waals surface area contributed by atoms with Crippen molar-refractivity contribution in [2.24, 2.45) is 10.9 Å². The van der Waals surface area contributed by atoms with E-state index in [9.17, 15) is 4.79 Å². The maximum atomic E-state index is 12.0. The van der Waals surface area contributed by atoms with Crippen LogP contribution in [0.5, 0.6) is 0 Å². The number of ether oxygens (including phenoxy) is 1. The van der Waals surface area contributed by atoms with E-state index < -0.39 is 10.0 Å². The predicted octanol–water partition coefficient (Wildman–Crippen LogP) is 1.95. The Morgan fingerprint density at radius 2 is 2.23 bits per heavy atom. The Bertz CT molecular complexity index is 619. The molecular formula is C12H12Cl3N5O2. The first-order valence-corrected chi connectivity index (χ1v) is 7.74. The first kappa shape index (κ1) is 15.7. The number of guanidine groups is 1. The number of halogens is 3. The summed E-state index contributed by atoms with van der Waals surface area (Å²) in [5, 5.41) is 5.46. The molecule has 2 atom stereocenters. The number of rotatable bonds is 1. The van der Waals surface area contributed by atoms with E-state index in [0.717, 1.165) is 12.8 Å². The summed E-state index contributed by atoms with van der Waals surface area (Å²) in [5.41, 5.74) is 0.213. The van der Waals surface area contributed by atoms with Crippen molar-refractivity contribution in [3.8, 4) is 0 Å². The number of alkyl halides is 3. The molecule has 0 aromatic carbocycles. The number of anilines is 1. The van der Waals surface area contributed by atoms with Gasteiger partial charge in [-0.15, -0.1) is 0 Å². The van der Waals surface area contributed by atoms with Gasteiger partial charge >= 0.3 is 0 Å². The highest BCUT2D eigenvalue weighted by Crippen LogP contribution is 2.36. The molecule has 2 N–H and O–H groups in total. The fourth-order valence-electron chi connectivity index (χ4n) is 2.27. The van der Waals surface area contributed by atoms with Crippen LogP contribution in [0.2, 0.25) is 0 Å². The van der Waals surface area contributed by atoms with Crippen molar-refractivity contribution in [3.05, 3.63) is 18.0 Å². The van der Waals surface area contributed by atoms with Crippen LogP contribution in [-0.4, -0.2) is 34.7 Å². The number of amides is 1. The quantitative estimate of drug-likeness (QED) is 0.744. The minimum absolute atomic E-state index is 0.139. The van der Waals surface area contributed by atoms with Gasteiger partial charge in [-0.2, -0.15) is 0 Å². The molecule has 7 nitrogen and oxygen atoms in total. The van der Waals surface area contributed by atoms with Crippen LogP contribution in [0, 0.1) is 5.92 Å². The number of aromatic nitrogens is 2. The number of aliphatic imine (C=N–C) groups is 1. The summed E-state index contributed by atoms with van der Waals surface area (Å²) in [4.78, 5) is 24.4. The summed E-state index contributed by atoms with van der Waals surface area (Å²) < 4.78 is 3.85. The van der Waals surface area contributed by atoms with Crippen LogP contribution in [0.4, 0.5) is 5.95 Å². The average Bonchev–Trinajstić information content (AvgIpc) is 2.47.